The maximum Gasteiger partial charge on any atom is 0.287 e. The van der Waals surface area contributed by atoms with Gasteiger partial charge in [-0.2, -0.15) is 0 Å². The van der Waals surface area contributed by atoms with Gasteiger partial charge in [-0.25, -0.2) is 0 Å². The molecule has 0 aromatic heterocycles. The fraction of sp³-hybridized carbons (Fsp3) is 0.458. The number of anilines is 1. The maximum atomic E-state index is 13.3. The van der Waals surface area contributed by atoms with Crippen molar-refractivity contribution in [1.82, 2.24) is 0 Å². The van der Waals surface area contributed by atoms with Gasteiger partial charge in [-0.1, -0.05) is 61.7 Å². The molecule has 3 N–H and O–H groups in total. The number of carbonyl (C=O) groups excluding carboxylic acids is 1. The highest BCUT2D eigenvalue weighted by atomic mass is 16.5. The lowest BCUT2D eigenvalue weighted by molar-refractivity contribution is -0.716. The summed E-state index contributed by atoms with van der Waals surface area (Å²) >= 11 is 0. The SMILES string of the molecule is CCOc1ccccc1NC(=O)[C@H]([NH2+]C1CCCCCCC1)c1ccccc1. The summed E-state index contributed by atoms with van der Waals surface area (Å²) in [6, 6.07) is 18.0. The summed E-state index contributed by atoms with van der Waals surface area (Å²) in [7, 11) is 0. The fourth-order valence-corrected chi connectivity index (χ4v) is 4.02. The number of para-hydroxylation sites is 2. The molecule has 0 aliphatic heterocycles. The summed E-state index contributed by atoms with van der Waals surface area (Å²) in [5.41, 5.74) is 1.79. The van der Waals surface area contributed by atoms with E-state index in [1.807, 2.05) is 49.4 Å². The number of quaternary nitrogens is 1. The first-order chi connectivity index (χ1) is 13.8. The Bertz CT molecular complexity index is 724. The average Bonchev–Trinajstić information content (AvgIpc) is 2.69. The Morgan fingerprint density at radius 1 is 1.00 bits per heavy atom. The lowest BCUT2D eigenvalue weighted by Gasteiger charge is -2.24. The molecule has 0 radical (unpaired) electrons. The molecule has 2 aromatic carbocycles. The van der Waals surface area contributed by atoms with Crippen molar-refractivity contribution in [3.8, 4) is 5.75 Å². The van der Waals surface area contributed by atoms with E-state index in [0.717, 1.165) is 17.0 Å². The minimum Gasteiger partial charge on any atom is -0.492 e. The highest BCUT2D eigenvalue weighted by molar-refractivity contribution is 5.95. The zero-order valence-corrected chi connectivity index (χ0v) is 16.9. The van der Waals surface area contributed by atoms with Crippen molar-refractivity contribution in [2.75, 3.05) is 11.9 Å². The van der Waals surface area contributed by atoms with E-state index in [1.54, 1.807) is 0 Å². The molecule has 1 aliphatic carbocycles. The Labute approximate surface area is 168 Å². The van der Waals surface area contributed by atoms with Crippen LogP contribution in [0.4, 0.5) is 5.69 Å². The lowest BCUT2D eigenvalue weighted by atomic mass is 9.95. The number of nitrogens with one attached hydrogen (secondary N) is 1. The number of benzene rings is 2. The fourth-order valence-electron chi connectivity index (χ4n) is 4.02. The molecule has 3 rings (SSSR count). The summed E-state index contributed by atoms with van der Waals surface area (Å²) in [6.45, 7) is 2.52. The van der Waals surface area contributed by atoms with Crippen molar-refractivity contribution in [1.29, 1.82) is 0 Å². The third-order valence-electron chi connectivity index (χ3n) is 5.50. The number of carbonyl (C=O) groups is 1. The van der Waals surface area contributed by atoms with Gasteiger partial charge in [-0.15, -0.1) is 0 Å². The molecular weight excluding hydrogens is 348 g/mol. The van der Waals surface area contributed by atoms with E-state index in [0.29, 0.717) is 12.6 Å². The molecule has 1 aliphatic rings. The topological polar surface area (TPSA) is 54.9 Å². The Morgan fingerprint density at radius 2 is 1.64 bits per heavy atom. The lowest BCUT2D eigenvalue weighted by Crippen LogP contribution is -2.92. The number of hydrogen-bond acceptors (Lipinski definition) is 2. The number of amides is 1. The molecule has 4 nitrogen and oxygen atoms in total. The largest absolute Gasteiger partial charge is 0.492 e. The van der Waals surface area contributed by atoms with Gasteiger partial charge in [-0.05, 0) is 44.7 Å². The van der Waals surface area contributed by atoms with Crippen molar-refractivity contribution >= 4 is 11.6 Å². The van der Waals surface area contributed by atoms with E-state index < -0.39 is 0 Å². The van der Waals surface area contributed by atoms with Crippen molar-refractivity contribution in [3.05, 3.63) is 60.2 Å². The molecule has 1 atom stereocenters. The van der Waals surface area contributed by atoms with Gasteiger partial charge >= 0.3 is 0 Å². The Morgan fingerprint density at radius 3 is 2.36 bits per heavy atom. The number of nitrogens with two attached hydrogens (primary N) is 1. The molecule has 28 heavy (non-hydrogen) atoms. The van der Waals surface area contributed by atoms with E-state index in [1.165, 1.54) is 44.9 Å². The second-order valence-corrected chi connectivity index (χ2v) is 7.60. The highest BCUT2D eigenvalue weighted by Gasteiger charge is 2.28. The third kappa shape index (κ3) is 5.83. The molecule has 4 heteroatoms. The monoisotopic (exact) mass is 381 g/mol. The van der Waals surface area contributed by atoms with Crippen LogP contribution in [0.25, 0.3) is 0 Å². The second-order valence-electron chi connectivity index (χ2n) is 7.60. The quantitative estimate of drug-likeness (QED) is 0.745. The van der Waals surface area contributed by atoms with Crippen molar-refractivity contribution in [2.24, 2.45) is 0 Å². The van der Waals surface area contributed by atoms with E-state index in [9.17, 15) is 4.79 Å². The number of hydrogen-bond donors (Lipinski definition) is 2. The molecular formula is C24H33N2O2+. The summed E-state index contributed by atoms with van der Waals surface area (Å²) in [4.78, 5) is 13.3. The number of rotatable bonds is 7. The zero-order chi connectivity index (χ0) is 19.6. The van der Waals surface area contributed by atoms with Gasteiger partial charge in [0.2, 0.25) is 0 Å². The van der Waals surface area contributed by atoms with Crippen LogP contribution >= 0.6 is 0 Å². The van der Waals surface area contributed by atoms with Crippen LogP contribution in [0.15, 0.2) is 54.6 Å². The minimum absolute atomic E-state index is 0.0143. The normalized spacial score (nSPS) is 16.6. The van der Waals surface area contributed by atoms with Crippen LogP contribution in [-0.2, 0) is 4.79 Å². The number of ether oxygens (including phenoxy) is 1. The first kappa shape index (κ1) is 20.4. The molecule has 0 saturated heterocycles. The Balaban J connectivity index is 1.77. The standard InChI is InChI=1S/C24H32N2O2/c1-2-28-22-18-12-11-17-21(22)26-24(27)23(19-13-7-6-8-14-19)25-20-15-9-4-3-5-10-16-20/h6-8,11-14,17-18,20,23,25H,2-5,9-10,15-16H2,1H3,(H,26,27)/p+1/t23-/m1/s1. The first-order valence-electron chi connectivity index (χ1n) is 10.7. The molecule has 0 spiro atoms. The smallest absolute Gasteiger partial charge is 0.287 e. The van der Waals surface area contributed by atoms with Gasteiger partial charge in [0.25, 0.3) is 5.91 Å². The predicted molar refractivity (Wildman–Crippen MR) is 113 cm³/mol. The van der Waals surface area contributed by atoms with Crippen LogP contribution in [0.2, 0.25) is 0 Å². The first-order valence-corrected chi connectivity index (χ1v) is 10.7. The molecule has 0 bridgehead atoms. The molecule has 1 fully saturated rings. The molecule has 0 unspecified atom stereocenters. The van der Waals surface area contributed by atoms with Gasteiger partial charge in [0.15, 0.2) is 6.04 Å². The van der Waals surface area contributed by atoms with Crippen LogP contribution in [0.3, 0.4) is 0 Å². The van der Waals surface area contributed by atoms with Gasteiger partial charge < -0.3 is 15.4 Å². The zero-order valence-electron chi connectivity index (χ0n) is 16.9. The van der Waals surface area contributed by atoms with E-state index in [4.69, 9.17) is 4.74 Å². The average molecular weight is 382 g/mol. The van der Waals surface area contributed by atoms with E-state index >= 15 is 0 Å². The Hall–Kier alpha value is -2.33. The van der Waals surface area contributed by atoms with Gasteiger partial charge in [0, 0.05) is 5.56 Å². The molecule has 150 valence electrons. The molecule has 1 amide bonds. The highest BCUT2D eigenvalue weighted by Crippen LogP contribution is 2.25. The predicted octanol–water partition coefficient (Wildman–Crippen LogP) is 4.44. The maximum absolute atomic E-state index is 13.3. The van der Waals surface area contributed by atoms with Crippen LogP contribution in [0.1, 0.15) is 63.5 Å². The van der Waals surface area contributed by atoms with Crippen molar-refractivity contribution in [2.45, 2.75) is 64.0 Å². The van der Waals surface area contributed by atoms with Gasteiger partial charge in [0.1, 0.15) is 5.75 Å². The van der Waals surface area contributed by atoms with Gasteiger partial charge in [-0.3, -0.25) is 4.79 Å². The molecule has 1 saturated carbocycles. The summed E-state index contributed by atoms with van der Waals surface area (Å²) in [5.74, 6) is 0.733. The molecule has 2 aromatic rings. The van der Waals surface area contributed by atoms with E-state index in [-0.39, 0.29) is 11.9 Å². The van der Waals surface area contributed by atoms with Crippen molar-refractivity contribution < 1.29 is 14.8 Å². The summed E-state index contributed by atoms with van der Waals surface area (Å²) < 4.78 is 5.68. The molecule has 0 heterocycles. The van der Waals surface area contributed by atoms with Gasteiger partial charge in [0.05, 0.1) is 18.3 Å². The van der Waals surface area contributed by atoms with Crippen LogP contribution in [0, 0.1) is 0 Å². The van der Waals surface area contributed by atoms with Crippen LogP contribution in [-0.4, -0.2) is 18.6 Å². The van der Waals surface area contributed by atoms with E-state index in [2.05, 4.69) is 22.8 Å². The summed E-state index contributed by atoms with van der Waals surface area (Å²) in [5, 5.41) is 5.41. The van der Waals surface area contributed by atoms with Crippen LogP contribution in [0.5, 0.6) is 5.75 Å². The van der Waals surface area contributed by atoms with Crippen molar-refractivity contribution in [3.63, 3.8) is 0 Å². The summed E-state index contributed by atoms with van der Waals surface area (Å²) in [6.07, 6.45) is 8.87. The third-order valence-corrected chi connectivity index (χ3v) is 5.50. The second kappa shape index (κ2) is 10.9. The minimum atomic E-state index is -0.250. The Kier molecular flexibility index (Phi) is 7.92. The van der Waals surface area contributed by atoms with Crippen LogP contribution < -0.4 is 15.4 Å².